The van der Waals surface area contributed by atoms with Gasteiger partial charge in [-0.1, -0.05) is 33.9 Å². The van der Waals surface area contributed by atoms with Crippen LogP contribution < -0.4 is 10.6 Å². The molecule has 0 aliphatic heterocycles. The molecule has 0 saturated carbocycles. The first-order chi connectivity index (χ1) is 20.8. The van der Waals surface area contributed by atoms with Gasteiger partial charge in [0.15, 0.2) is 23.4 Å². The van der Waals surface area contributed by atoms with Crippen molar-refractivity contribution in [2.75, 3.05) is 39.5 Å². The molecule has 0 rings (SSSR count). The van der Waals surface area contributed by atoms with Gasteiger partial charge in [-0.2, -0.15) is 0 Å². The molecule has 2 amide bonds. The number of Topliss-reactive ketones (excluding diaryl/α,β-unsaturated/α-hetero) is 2. The average Bonchev–Trinajstić information content (AvgIpc) is 2.91. The number of amides is 2. The van der Waals surface area contributed by atoms with Crippen molar-refractivity contribution >= 4 is 47.3 Å². The second-order valence-corrected chi connectivity index (χ2v) is 11.5. The molecule has 0 bridgehead atoms. The Morgan fingerprint density at radius 1 is 0.644 bits per heavy atom. The van der Waals surface area contributed by atoms with Gasteiger partial charge < -0.3 is 29.6 Å². The van der Waals surface area contributed by atoms with Crippen molar-refractivity contribution in [3.05, 3.63) is 24.3 Å². The highest BCUT2D eigenvalue weighted by Gasteiger charge is 2.35. The highest BCUT2D eigenvalue weighted by molar-refractivity contribution is 6.16. The summed E-state index contributed by atoms with van der Waals surface area (Å²) in [5.41, 5.74) is -0.149. The zero-order valence-corrected chi connectivity index (χ0v) is 27.2. The molecule has 3 unspecified atom stereocenters. The maximum Gasteiger partial charge on any atom is 0.333 e. The molecule has 0 aromatic rings. The van der Waals surface area contributed by atoms with Gasteiger partial charge in [0.05, 0.1) is 0 Å². The van der Waals surface area contributed by atoms with Gasteiger partial charge in [0, 0.05) is 24.2 Å². The molecule has 0 fully saturated rings. The van der Waals surface area contributed by atoms with E-state index in [9.17, 15) is 38.4 Å². The lowest BCUT2D eigenvalue weighted by Gasteiger charge is -2.29. The van der Waals surface area contributed by atoms with E-state index in [1.165, 1.54) is 13.8 Å². The molecule has 45 heavy (non-hydrogen) atoms. The molecule has 0 spiro atoms. The predicted molar refractivity (Wildman–Crippen MR) is 160 cm³/mol. The van der Waals surface area contributed by atoms with Crippen LogP contribution in [0.5, 0.6) is 0 Å². The SMILES string of the molecule is C=C(C)C(=O)OCCOC(=O)C(C(C)=O)C(=O)NCCC(C)CC(C)(C)CNC(=O)C(C(C)=O)C(=O)OCCOC(=O)C(=C)C. The summed E-state index contributed by atoms with van der Waals surface area (Å²) in [6.45, 7) is 16.7. The molecule has 0 aromatic carbocycles. The molecule has 0 aliphatic carbocycles. The van der Waals surface area contributed by atoms with Crippen molar-refractivity contribution in [3.63, 3.8) is 0 Å². The first-order valence-corrected chi connectivity index (χ1v) is 14.4. The third-order valence-electron chi connectivity index (χ3n) is 6.21. The van der Waals surface area contributed by atoms with E-state index in [1.54, 1.807) is 0 Å². The summed E-state index contributed by atoms with van der Waals surface area (Å²) in [5.74, 6) is -9.85. The largest absolute Gasteiger partial charge is 0.461 e. The van der Waals surface area contributed by atoms with Gasteiger partial charge in [-0.25, -0.2) is 9.59 Å². The normalized spacial score (nSPS) is 12.8. The van der Waals surface area contributed by atoms with E-state index in [2.05, 4.69) is 23.8 Å². The monoisotopic (exact) mass is 638 g/mol. The molecule has 252 valence electrons. The Bertz CT molecular complexity index is 1160. The Labute approximate surface area is 263 Å². The van der Waals surface area contributed by atoms with Crippen LogP contribution in [0, 0.1) is 23.2 Å². The Kier molecular flexibility index (Phi) is 17.9. The molecule has 0 aromatic heterocycles. The predicted octanol–water partition coefficient (Wildman–Crippen LogP) is 1.40. The third-order valence-corrected chi connectivity index (χ3v) is 6.21. The van der Waals surface area contributed by atoms with Crippen LogP contribution in [0.4, 0.5) is 0 Å². The van der Waals surface area contributed by atoms with Crippen LogP contribution in [-0.4, -0.2) is 86.8 Å². The smallest absolute Gasteiger partial charge is 0.333 e. The van der Waals surface area contributed by atoms with Crippen LogP contribution in [0.15, 0.2) is 24.3 Å². The quantitative estimate of drug-likeness (QED) is 0.0603. The minimum atomic E-state index is -1.68. The highest BCUT2D eigenvalue weighted by Crippen LogP contribution is 2.26. The first-order valence-electron chi connectivity index (χ1n) is 14.4. The Hall–Kier alpha value is -4.36. The summed E-state index contributed by atoms with van der Waals surface area (Å²) in [4.78, 5) is 96.6. The van der Waals surface area contributed by atoms with E-state index in [-0.39, 0.29) is 56.6 Å². The minimum absolute atomic E-state index is 0.0124. The van der Waals surface area contributed by atoms with Gasteiger partial charge in [0.1, 0.15) is 26.4 Å². The van der Waals surface area contributed by atoms with Gasteiger partial charge in [0.25, 0.3) is 0 Å². The van der Waals surface area contributed by atoms with Crippen LogP contribution in [0.3, 0.4) is 0 Å². The van der Waals surface area contributed by atoms with Crippen molar-refractivity contribution in [3.8, 4) is 0 Å². The lowest BCUT2D eigenvalue weighted by Crippen LogP contribution is -2.44. The van der Waals surface area contributed by atoms with E-state index in [4.69, 9.17) is 18.9 Å². The van der Waals surface area contributed by atoms with Crippen LogP contribution >= 0.6 is 0 Å². The average molecular weight is 639 g/mol. The zero-order chi connectivity index (χ0) is 34.9. The maximum absolute atomic E-state index is 12.7. The van der Waals surface area contributed by atoms with Crippen LogP contribution in [0.25, 0.3) is 0 Å². The van der Waals surface area contributed by atoms with Crippen molar-refractivity contribution in [2.24, 2.45) is 23.2 Å². The standard InChI is InChI=1S/C31H46N2O12/c1-18(2)27(38)42-12-14-44-29(40)23(21(6)34)25(36)32-11-10-20(5)16-31(8,9)17-33-26(37)24(22(7)35)30(41)45-15-13-43-28(39)19(3)4/h20,23-24H,1,3,10-17H2,2,4-9H3,(H,32,36)(H,33,37). The number of hydrogen-bond acceptors (Lipinski definition) is 12. The maximum atomic E-state index is 12.7. The van der Waals surface area contributed by atoms with E-state index in [0.29, 0.717) is 12.8 Å². The molecule has 2 N–H and O–H groups in total. The van der Waals surface area contributed by atoms with Crippen molar-refractivity contribution < 1.29 is 57.3 Å². The van der Waals surface area contributed by atoms with Gasteiger partial charge in [0.2, 0.25) is 11.8 Å². The van der Waals surface area contributed by atoms with Crippen LogP contribution in [-0.2, 0) is 57.3 Å². The van der Waals surface area contributed by atoms with Gasteiger partial charge in [-0.15, -0.1) is 0 Å². The van der Waals surface area contributed by atoms with Crippen molar-refractivity contribution in [1.29, 1.82) is 0 Å². The fraction of sp³-hybridized carbons (Fsp3) is 0.613. The molecule has 0 radical (unpaired) electrons. The molecular formula is C31H46N2O12. The molecular weight excluding hydrogens is 592 g/mol. The van der Waals surface area contributed by atoms with Gasteiger partial charge in [-0.3, -0.25) is 28.8 Å². The van der Waals surface area contributed by atoms with Crippen molar-refractivity contribution in [2.45, 2.75) is 61.3 Å². The summed E-state index contributed by atoms with van der Waals surface area (Å²) in [7, 11) is 0. The summed E-state index contributed by atoms with van der Waals surface area (Å²) in [6.07, 6.45) is 1.03. The summed E-state index contributed by atoms with van der Waals surface area (Å²) < 4.78 is 19.5. The zero-order valence-electron chi connectivity index (χ0n) is 27.2. The topological polar surface area (TPSA) is 198 Å². The molecule has 3 atom stereocenters. The molecule has 0 aliphatic rings. The number of hydrogen-bond donors (Lipinski definition) is 2. The number of rotatable bonds is 21. The number of esters is 4. The molecule has 0 saturated heterocycles. The van der Waals surface area contributed by atoms with Crippen LogP contribution in [0.1, 0.15) is 61.3 Å². The number of carbonyl (C=O) groups excluding carboxylic acids is 8. The number of ketones is 2. The third kappa shape index (κ3) is 16.3. The number of nitrogens with one attached hydrogen (secondary N) is 2. The van der Waals surface area contributed by atoms with Crippen LogP contribution in [0.2, 0.25) is 0 Å². The van der Waals surface area contributed by atoms with Gasteiger partial charge in [-0.05, 0) is 51.9 Å². The van der Waals surface area contributed by atoms with E-state index in [0.717, 1.165) is 13.8 Å². The van der Waals surface area contributed by atoms with E-state index in [1.807, 2.05) is 20.8 Å². The Morgan fingerprint density at radius 2 is 1.02 bits per heavy atom. The number of ether oxygens (including phenoxy) is 4. The van der Waals surface area contributed by atoms with Gasteiger partial charge >= 0.3 is 23.9 Å². The van der Waals surface area contributed by atoms with E-state index >= 15 is 0 Å². The molecule has 14 heteroatoms. The van der Waals surface area contributed by atoms with E-state index < -0.39 is 64.5 Å². The fourth-order valence-electron chi connectivity index (χ4n) is 3.97. The molecule has 14 nitrogen and oxygen atoms in total. The summed E-state index contributed by atoms with van der Waals surface area (Å²) >= 11 is 0. The molecule has 0 heterocycles. The van der Waals surface area contributed by atoms with Crippen molar-refractivity contribution in [1.82, 2.24) is 10.6 Å². The second-order valence-electron chi connectivity index (χ2n) is 11.5. The summed E-state index contributed by atoms with van der Waals surface area (Å²) in [5, 5.41) is 5.17. The summed E-state index contributed by atoms with van der Waals surface area (Å²) in [6, 6.07) is 0. The Balaban J connectivity index is 4.77. The highest BCUT2D eigenvalue weighted by atomic mass is 16.6. The second kappa shape index (κ2) is 19.8. The number of carbonyl (C=O) groups is 8. The minimum Gasteiger partial charge on any atom is -0.461 e. The lowest BCUT2D eigenvalue weighted by molar-refractivity contribution is -0.160. The first kappa shape index (κ1) is 40.6. The lowest BCUT2D eigenvalue weighted by atomic mass is 9.82. The fourth-order valence-corrected chi connectivity index (χ4v) is 3.97. The Morgan fingerprint density at radius 3 is 1.40 bits per heavy atom.